The normalized spacial score (nSPS) is 29.5. The summed E-state index contributed by atoms with van der Waals surface area (Å²) in [5, 5.41) is 10.7. The summed E-state index contributed by atoms with van der Waals surface area (Å²) in [6, 6.07) is -3.43. The molecule has 0 aromatic carbocycles. The molecule has 4 aliphatic rings. The summed E-state index contributed by atoms with van der Waals surface area (Å²) in [6.07, 6.45) is 16.3. The Balaban J connectivity index is 1.63. The SMILES string of the molecule is CCC(=O)CCCCC[C@@H]1NC(=O)[C@H](CC2=CN(OC)C3C=CC=CC23)NC(=O)[C@H](C(C)CC)NC(=O)[C@@H]2CCCCN2C1=O. The van der Waals surface area contributed by atoms with E-state index in [1.54, 1.807) is 17.1 Å². The molecule has 3 N–H and O–H groups in total. The Labute approximate surface area is 267 Å². The number of Topliss-reactive ketones (excluding diaryl/α,β-unsaturated/α-hetero) is 1. The number of carbonyl (C=O) groups excluding carboxylic acids is 5. The Hall–Kier alpha value is -3.47. The van der Waals surface area contributed by atoms with Crippen molar-refractivity contribution in [2.75, 3.05) is 13.7 Å². The second-order valence-corrected chi connectivity index (χ2v) is 12.8. The maximum Gasteiger partial charge on any atom is 0.245 e. The first-order valence-corrected chi connectivity index (χ1v) is 16.8. The highest BCUT2D eigenvalue weighted by Crippen LogP contribution is 2.35. The van der Waals surface area contributed by atoms with Crippen molar-refractivity contribution in [2.24, 2.45) is 11.8 Å². The fraction of sp³-hybridized carbons (Fsp3) is 0.676. The summed E-state index contributed by atoms with van der Waals surface area (Å²) < 4.78 is 0. The standard InChI is InChI=1S/C34H51N5O6/c1-5-22(3)30-33(43)36-27(20-23-21-39(45-4)28-17-11-10-15-25(23)28)31(41)35-26(16-9-7-8-14-24(40)6-2)34(44)38-19-13-12-18-29(38)32(42)37-30/h10-11,15,17,21-22,25-30H,5-9,12-14,16,18-20H2,1-4H3,(H,35,41)(H,36,43)(H,37,42)/t22?,25?,26-,27-,28?,29-,30-/m0/s1. The van der Waals surface area contributed by atoms with Crippen LogP contribution in [0.3, 0.4) is 0 Å². The largest absolute Gasteiger partial charge is 0.343 e. The van der Waals surface area contributed by atoms with Gasteiger partial charge in [-0.2, -0.15) is 0 Å². The number of allylic oxidation sites excluding steroid dienone is 2. The van der Waals surface area contributed by atoms with E-state index in [-0.39, 0.29) is 41.9 Å². The van der Waals surface area contributed by atoms with Crippen LogP contribution >= 0.6 is 0 Å². The maximum absolute atomic E-state index is 14.1. The third-order valence-electron chi connectivity index (χ3n) is 9.74. The first-order chi connectivity index (χ1) is 21.7. The number of nitrogens with zero attached hydrogens (tertiary/aromatic N) is 2. The van der Waals surface area contributed by atoms with Crippen LogP contribution in [0.1, 0.15) is 91.4 Å². The lowest BCUT2D eigenvalue weighted by Crippen LogP contribution is -2.64. The molecule has 3 unspecified atom stereocenters. The summed E-state index contributed by atoms with van der Waals surface area (Å²) in [7, 11) is 1.59. The summed E-state index contributed by atoms with van der Waals surface area (Å²) in [4.78, 5) is 74.7. The van der Waals surface area contributed by atoms with Gasteiger partial charge in [0, 0.05) is 37.9 Å². The van der Waals surface area contributed by atoms with Crippen molar-refractivity contribution in [1.29, 1.82) is 0 Å². The molecule has 1 aliphatic carbocycles. The summed E-state index contributed by atoms with van der Waals surface area (Å²) in [5.41, 5.74) is 0.915. The Kier molecular flexibility index (Phi) is 12.4. The quantitative estimate of drug-likeness (QED) is 0.284. The van der Waals surface area contributed by atoms with E-state index < -0.39 is 36.0 Å². The monoisotopic (exact) mass is 625 g/mol. The lowest BCUT2D eigenvalue weighted by atomic mass is 9.87. The van der Waals surface area contributed by atoms with Crippen LogP contribution < -0.4 is 16.0 Å². The Morgan fingerprint density at radius 3 is 2.44 bits per heavy atom. The van der Waals surface area contributed by atoms with Crippen LogP contribution in [-0.4, -0.2) is 83.2 Å². The molecule has 0 radical (unpaired) electrons. The Morgan fingerprint density at radius 1 is 0.956 bits per heavy atom. The molecule has 11 heteroatoms. The van der Waals surface area contributed by atoms with E-state index >= 15 is 0 Å². The van der Waals surface area contributed by atoms with Crippen LogP contribution in [0.2, 0.25) is 0 Å². The first-order valence-electron chi connectivity index (χ1n) is 16.8. The van der Waals surface area contributed by atoms with Gasteiger partial charge in [-0.15, -0.1) is 0 Å². The Morgan fingerprint density at radius 2 is 1.71 bits per heavy atom. The minimum Gasteiger partial charge on any atom is -0.343 e. The number of rotatable bonds is 12. The minimum atomic E-state index is -0.974. The molecule has 0 spiro atoms. The topological polar surface area (TPSA) is 137 Å². The minimum absolute atomic E-state index is 0.0385. The highest BCUT2D eigenvalue weighted by molar-refractivity contribution is 5.97. The number of unbranched alkanes of at least 4 members (excludes halogenated alkanes) is 2. The van der Waals surface area contributed by atoms with Gasteiger partial charge in [-0.1, -0.05) is 64.3 Å². The number of hydrogen-bond donors (Lipinski definition) is 3. The van der Waals surface area contributed by atoms with Crippen LogP contribution in [0.15, 0.2) is 36.1 Å². The third-order valence-corrected chi connectivity index (χ3v) is 9.74. The van der Waals surface area contributed by atoms with Crippen molar-refractivity contribution in [3.63, 3.8) is 0 Å². The number of hydrogen-bond acceptors (Lipinski definition) is 7. The van der Waals surface area contributed by atoms with Crippen LogP contribution in [0.25, 0.3) is 0 Å². The predicted octanol–water partition coefficient (Wildman–Crippen LogP) is 3.07. The fourth-order valence-electron chi connectivity index (χ4n) is 6.76. The second kappa shape index (κ2) is 16.2. The Bertz CT molecular complexity index is 1200. The maximum atomic E-state index is 14.1. The number of ketones is 1. The van der Waals surface area contributed by atoms with Gasteiger partial charge in [0.1, 0.15) is 30.0 Å². The molecule has 7 atom stereocenters. The van der Waals surface area contributed by atoms with Gasteiger partial charge in [0.05, 0.1) is 13.2 Å². The molecule has 2 saturated heterocycles. The first kappa shape index (κ1) is 34.4. The molecule has 0 aromatic heterocycles. The zero-order chi connectivity index (χ0) is 32.5. The number of carbonyl (C=O) groups is 5. The van der Waals surface area contributed by atoms with E-state index in [2.05, 4.69) is 22.0 Å². The van der Waals surface area contributed by atoms with Crippen molar-refractivity contribution < 1.29 is 28.8 Å². The van der Waals surface area contributed by atoms with Crippen LogP contribution in [0.5, 0.6) is 0 Å². The zero-order valence-electron chi connectivity index (χ0n) is 27.3. The third kappa shape index (κ3) is 8.42. The van der Waals surface area contributed by atoms with Gasteiger partial charge in [0.2, 0.25) is 23.6 Å². The van der Waals surface area contributed by atoms with E-state index in [0.29, 0.717) is 45.1 Å². The molecule has 248 valence electrons. The molecular weight excluding hydrogens is 574 g/mol. The molecule has 11 nitrogen and oxygen atoms in total. The summed E-state index contributed by atoms with van der Waals surface area (Å²) >= 11 is 0. The number of nitrogens with one attached hydrogen (secondary N) is 3. The van der Waals surface area contributed by atoms with Crippen molar-refractivity contribution >= 4 is 29.4 Å². The van der Waals surface area contributed by atoms with Crippen LogP contribution in [0.4, 0.5) is 0 Å². The number of fused-ring (bicyclic) bond motifs is 2. The molecule has 0 saturated carbocycles. The van der Waals surface area contributed by atoms with Gasteiger partial charge in [0.25, 0.3) is 0 Å². The second-order valence-electron chi connectivity index (χ2n) is 12.8. The molecule has 45 heavy (non-hydrogen) atoms. The molecule has 2 fully saturated rings. The average molecular weight is 626 g/mol. The molecular formula is C34H51N5O6. The number of amides is 4. The molecule has 4 amide bonds. The molecule has 0 aromatic rings. The van der Waals surface area contributed by atoms with Crippen molar-refractivity contribution in [3.8, 4) is 0 Å². The molecule has 0 bridgehead atoms. The van der Waals surface area contributed by atoms with Crippen LogP contribution in [-0.2, 0) is 28.8 Å². The van der Waals surface area contributed by atoms with Gasteiger partial charge in [-0.25, -0.2) is 0 Å². The van der Waals surface area contributed by atoms with E-state index in [1.807, 2.05) is 45.2 Å². The fourth-order valence-corrected chi connectivity index (χ4v) is 6.76. The van der Waals surface area contributed by atoms with E-state index in [1.165, 1.54) is 0 Å². The van der Waals surface area contributed by atoms with E-state index in [9.17, 15) is 24.0 Å². The number of hydroxylamine groups is 2. The van der Waals surface area contributed by atoms with Crippen molar-refractivity contribution in [3.05, 3.63) is 36.1 Å². The van der Waals surface area contributed by atoms with Crippen molar-refractivity contribution in [1.82, 2.24) is 25.9 Å². The zero-order valence-corrected chi connectivity index (χ0v) is 27.3. The highest BCUT2D eigenvalue weighted by Gasteiger charge is 2.41. The lowest BCUT2D eigenvalue weighted by molar-refractivity contribution is -0.147. The molecule has 3 heterocycles. The summed E-state index contributed by atoms with van der Waals surface area (Å²) in [6.45, 7) is 6.12. The smallest absolute Gasteiger partial charge is 0.245 e. The van der Waals surface area contributed by atoms with Crippen molar-refractivity contribution in [2.45, 2.75) is 122 Å². The molecule has 4 rings (SSSR count). The lowest BCUT2D eigenvalue weighted by Gasteiger charge is -2.39. The molecule has 3 aliphatic heterocycles. The van der Waals surface area contributed by atoms with Gasteiger partial charge in [0.15, 0.2) is 0 Å². The van der Waals surface area contributed by atoms with Gasteiger partial charge >= 0.3 is 0 Å². The summed E-state index contributed by atoms with van der Waals surface area (Å²) in [5.74, 6) is -1.48. The van der Waals surface area contributed by atoms with E-state index in [4.69, 9.17) is 4.84 Å². The van der Waals surface area contributed by atoms with Gasteiger partial charge < -0.3 is 20.9 Å². The van der Waals surface area contributed by atoms with Gasteiger partial charge in [-0.3, -0.25) is 33.9 Å². The average Bonchev–Trinajstić information content (AvgIpc) is 3.41. The van der Waals surface area contributed by atoms with E-state index in [0.717, 1.165) is 31.3 Å². The van der Waals surface area contributed by atoms with Gasteiger partial charge in [-0.05, 0) is 43.6 Å². The predicted molar refractivity (Wildman–Crippen MR) is 170 cm³/mol. The highest BCUT2D eigenvalue weighted by atomic mass is 16.7. The van der Waals surface area contributed by atoms with Crippen LogP contribution in [0, 0.1) is 11.8 Å². The number of piperidine rings is 1.